The number of carbonyl (C=O) groups excluding carboxylic acids is 1. The molecule has 0 bridgehead atoms. The van der Waals surface area contributed by atoms with Crippen molar-refractivity contribution in [3.05, 3.63) is 0 Å². The van der Waals surface area contributed by atoms with Crippen LogP contribution in [0.4, 0.5) is 0 Å². The van der Waals surface area contributed by atoms with Crippen molar-refractivity contribution >= 4 is 21.8 Å². The summed E-state index contributed by atoms with van der Waals surface area (Å²) in [7, 11) is 1.98. The zero-order chi connectivity index (χ0) is 11.7. The molecule has 2 unspecified atom stereocenters. The molecule has 2 aliphatic rings. The van der Waals surface area contributed by atoms with Crippen LogP contribution < -0.4 is 0 Å². The molecule has 0 radical (unpaired) electrons. The second-order valence-electron chi connectivity index (χ2n) is 5.67. The first-order valence-electron chi connectivity index (χ1n) is 6.47. The van der Waals surface area contributed by atoms with Crippen LogP contribution in [0.15, 0.2) is 0 Å². The first kappa shape index (κ1) is 12.4. The zero-order valence-electron chi connectivity index (χ0n) is 10.3. The van der Waals surface area contributed by atoms with E-state index in [9.17, 15) is 4.79 Å². The van der Waals surface area contributed by atoms with Gasteiger partial charge in [0, 0.05) is 24.3 Å². The molecule has 0 aliphatic heterocycles. The van der Waals surface area contributed by atoms with Crippen LogP contribution in [-0.2, 0) is 4.79 Å². The number of alkyl halides is 1. The molecule has 3 heteroatoms. The molecular weight excluding hydrogens is 266 g/mol. The minimum Gasteiger partial charge on any atom is -0.345 e. The van der Waals surface area contributed by atoms with E-state index in [-0.39, 0.29) is 0 Å². The summed E-state index contributed by atoms with van der Waals surface area (Å²) in [4.78, 5) is 14.9. The monoisotopic (exact) mass is 287 g/mol. The van der Waals surface area contributed by atoms with Crippen molar-refractivity contribution in [2.75, 3.05) is 13.6 Å². The molecular formula is C13H22BrNO. The largest absolute Gasteiger partial charge is 0.345 e. The molecule has 2 fully saturated rings. The number of halogens is 1. The van der Waals surface area contributed by atoms with Crippen LogP contribution in [0.25, 0.3) is 0 Å². The Balaban J connectivity index is 1.80. The van der Waals surface area contributed by atoms with E-state index in [0.717, 1.165) is 18.9 Å². The summed E-state index contributed by atoms with van der Waals surface area (Å²) in [6.07, 6.45) is 6.04. The molecule has 2 saturated carbocycles. The van der Waals surface area contributed by atoms with Gasteiger partial charge in [-0.05, 0) is 37.5 Å². The maximum absolute atomic E-state index is 12.2. The third kappa shape index (κ3) is 2.61. The highest BCUT2D eigenvalue weighted by Crippen LogP contribution is 2.35. The Kier molecular flexibility index (Phi) is 3.93. The van der Waals surface area contributed by atoms with E-state index in [1.807, 2.05) is 11.9 Å². The Morgan fingerprint density at radius 1 is 1.38 bits per heavy atom. The van der Waals surface area contributed by atoms with Gasteiger partial charge in [0.25, 0.3) is 0 Å². The fourth-order valence-corrected chi connectivity index (χ4v) is 4.13. The minimum absolute atomic E-state index is 0.310. The van der Waals surface area contributed by atoms with Gasteiger partial charge in [0.15, 0.2) is 0 Å². The second-order valence-corrected chi connectivity index (χ2v) is 6.96. The normalized spacial score (nSPS) is 38.2. The van der Waals surface area contributed by atoms with Crippen molar-refractivity contribution in [1.82, 2.24) is 4.90 Å². The lowest BCUT2D eigenvalue weighted by atomic mass is 9.84. The van der Waals surface area contributed by atoms with Crippen LogP contribution in [0.3, 0.4) is 0 Å². The first-order chi connectivity index (χ1) is 7.58. The lowest BCUT2D eigenvalue weighted by Gasteiger charge is -2.35. The SMILES string of the molecule is CC1CCCC1C(=O)N(C)CC1CC(Br)C1. The van der Waals surface area contributed by atoms with Gasteiger partial charge in [-0.25, -0.2) is 0 Å². The molecule has 92 valence electrons. The van der Waals surface area contributed by atoms with Crippen LogP contribution in [0.1, 0.15) is 39.0 Å². The third-order valence-electron chi connectivity index (χ3n) is 4.27. The van der Waals surface area contributed by atoms with Crippen molar-refractivity contribution in [2.45, 2.75) is 43.9 Å². The van der Waals surface area contributed by atoms with Crippen LogP contribution >= 0.6 is 15.9 Å². The quantitative estimate of drug-likeness (QED) is 0.731. The summed E-state index contributed by atoms with van der Waals surface area (Å²) in [5, 5.41) is 0. The zero-order valence-corrected chi connectivity index (χ0v) is 11.9. The molecule has 2 nitrogen and oxygen atoms in total. The lowest BCUT2D eigenvalue weighted by molar-refractivity contribution is -0.136. The highest BCUT2D eigenvalue weighted by molar-refractivity contribution is 9.09. The van der Waals surface area contributed by atoms with Crippen molar-refractivity contribution in [3.63, 3.8) is 0 Å². The molecule has 0 aromatic carbocycles. The molecule has 2 aliphatic carbocycles. The highest BCUT2D eigenvalue weighted by atomic mass is 79.9. The van der Waals surface area contributed by atoms with Gasteiger partial charge in [0.2, 0.25) is 5.91 Å². The Morgan fingerprint density at radius 2 is 2.06 bits per heavy atom. The van der Waals surface area contributed by atoms with Gasteiger partial charge in [-0.2, -0.15) is 0 Å². The van der Waals surface area contributed by atoms with E-state index < -0.39 is 0 Å². The molecule has 2 atom stereocenters. The Hall–Kier alpha value is -0.0500. The van der Waals surface area contributed by atoms with Crippen LogP contribution in [0.5, 0.6) is 0 Å². The Labute approximate surface area is 107 Å². The molecule has 1 amide bonds. The third-order valence-corrected chi connectivity index (χ3v) is 5.01. The fourth-order valence-electron chi connectivity index (χ4n) is 3.08. The Morgan fingerprint density at radius 3 is 2.56 bits per heavy atom. The van der Waals surface area contributed by atoms with Gasteiger partial charge in [-0.1, -0.05) is 29.3 Å². The standard InChI is InChI=1S/C13H22BrNO/c1-9-4-3-5-12(9)13(16)15(2)8-10-6-11(14)7-10/h9-12H,3-8H2,1-2H3. The number of carbonyl (C=O) groups is 1. The highest BCUT2D eigenvalue weighted by Gasteiger charge is 2.34. The summed E-state index contributed by atoms with van der Waals surface area (Å²) < 4.78 is 0. The van der Waals surface area contributed by atoms with Crippen LogP contribution in [0, 0.1) is 17.8 Å². The molecule has 0 N–H and O–H groups in total. The first-order valence-corrected chi connectivity index (χ1v) is 7.38. The summed E-state index contributed by atoms with van der Waals surface area (Å²) in [5.41, 5.74) is 0. The van der Waals surface area contributed by atoms with Gasteiger partial charge >= 0.3 is 0 Å². The van der Waals surface area contributed by atoms with Crippen molar-refractivity contribution < 1.29 is 4.79 Å². The molecule has 16 heavy (non-hydrogen) atoms. The molecule has 0 aromatic heterocycles. The predicted octanol–water partition coefficient (Wildman–Crippen LogP) is 3.05. The number of nitrogens with zero attached hydrogens (tertiary/aromatic N) is 1. The van der Waals surface area contributed by atoms with E-state index in [1.54, 1.807) is 0 Å². The van der Waals surface area contributed by atoms with Gasteiger partial charge in [0.05, 0.1) is 0 Å². The van der Waals surface area contributed by atoms with Crippen LogP contribution in [0.2, 0.25) is 0 Å². The maximum Gasteiger partial charge on any atom is 0.225 e. The average Bonchev–Trinajstić information content (AvgIpc) is 2.61. The summed E-state index contributed by atoms with van der Waals surface area (Å²) >= 11 is 3.60. The number of rotatable bonds is 3. The van der Waals surface area contributed by atoms with E-state index in [2.05, 4.69) is 22.9 Å². The van der Waals surface area contributed by atoms with E-state index >= 15 is 0 Å². The summed E-state index contributed by atoms with van der Waals surface area (Å²) in [5.74, 6) is 2.03. The number of hydrogen-bond acceptors (Lipinski definition) is 1. The van der Waals surface area contributed by atoms with Crippen molar-refractivity contribution in [3.8, 4) is 0 Å². The van der Waals surface area contributed by atoms with Gasteiger partial charge < -0.3 is 4.90 Å². The van der Waals surface area contributed by atoms with Gasteiger partial charge in [-0.15, -0.1) is 0 Å². The predicted molar refractivity (Wildman–Crippen MR) is 69.6 cm³/mol. The average molecular weight is 288 g/mol. The van der Waals surface area contributed by atoms with Crippen LogP contribution in [-0.4, -0.2) is 29.2 Å². The summed E-state index contributed by atoms with van der Waals surface area (Å²) in [6, 6.07) is 0. The second kappa shape index (κ2) is 5.07. The van der Waals surface area contributed by atoms with Crippen molar-refractivity contribution in [2.24, 2.45) is 17.8 Å². The minimum atomic E-state index is 0.310. The van der Waals surface area contributed by atoms with E-state index in [1.165, 1.54) is 25.7 Å². The molecule has 2 rings (SSSR count). The number of hydrogen-bond donors (Lipinski definition) is 0. The summed E-state index contributed by atoms with van der Waals surface area (Å²) in [6.45, 7) is 3.19. The molecule has 0 saturated heterocycles. The molecule has 0 aromatic rings. The fraction of sp³-hybridized carbons (Fsp3) is 0.923. The Bertz CT molecular complexity index is 263. The lowest BCUT2D eigenvalue weighted by Crippen LogP contribution is -2.41. The van der Waals surface area contributed by atoms with Crippen molar-refractivity contribution in [1.29, 1.82) is 0 Å². The molecule has 0 heterocycles. The van der Waals surface area contributed by atoms with E-state index in [4.69, 9.17) is 0 Å². The van der Waals surface area contributed by atoms with Gasteiger partial charge in [0.1, 0.15) is 0 Å². The van der Waals surface area contributed by atoms with Gasteiger partial charge in [-0.3, -0.25) is 4.79 Å². The maximum atomic E-state index is 12.2. The van der Waals surface area contributed by atoms with E-state index in [0.29, 0.717) is 22.6 Å². The topological polar surface area (TPSA) is 20.3 Å². The molecule has 0 spiro atoms. The number of amides is 1. The smallest absolute Gasteiger partial charge is 0.225 e.